The molecule has 1 aromatic rings. The lowest BCUT2D eigenvalue weighted by Crippen LogP contribution is -2.22. The van der Waals surface area contributed by atoms with Crippen molar-refractivity contribution in [1.29, 1.82) is 0 Å². The molecule has 1 atom stereocenters. The van der Waals surface area contributed by atoms with Crippen LogP contribution < -0.4 is 16.8 Å². The lowest BCUT2D eigenvalue weighted by atomic mass is 10.1. The predicted octanol–water partition coefficient (Wildman–Crippen LogP) is -0.0333. The van der Waals surface area contributed by atoms with E-state index in [-0.39, 0.29) is 28.8 Å². The standard InChI is InChI=1S/C11H15N3O3S/c12-10-8(11(13)15)2-1-3-9(10)14-7-4-5-18(16,17)6-7/h1-3,7,14H,4-6,12H2,(H2,13,15). The van der Waals surface area contributed by atoms with Gasteiger partial charge in [-0.15, -0.1) is 0 Å². The summed E-state index contributed by atoms with van der Waals surface area (Å²) in [6, 6.07) is 4.73. The van der Waals surface area contributed by atoms with Crippen molar-refractivity contribution in [2.45, 2.75) is 12.5 Å². The van der Waals surface area contributed by atoms with E-state index in [1.165, 1.54) is 6.07 Å². The third-order valence-electron chi connectivity index (χ3n) is 2.96. The summed E-state index contributed by atoms with van der Waals surface area (Å²) in [5, 5.41) is 3.05. The molecule has 1 aliphatic rings. The number of nitrogens with two attached hydrogens (primary N) is 2. The number of carbonyl (C=O) groups is 1. The zero-order valence-corrected chi connectivity index (χ0v) is 10.5. The number of benzene rings is 1. The second kappa shape index (κ2) is 4.49. The van der Waals surface area contributed by atoms with Crippen molar-refractivity contribution in [2.75, 3.05) is 22.6 Å². The van der Waals surface area contributed by atoms with Crippen molar-refractivity contribution in [3.8, 4) is 0 Å². The molecule has 1 aromatic carbocycles. The smallest absolute Gasteiger partial charge is 0.250 e. The van der Waals surface area contributed by atoms with Crippen LogP contribution in [0.5, 0.6) is 0 Å². The summed E-state index contributed by atoms with van der Waals surface area (Å²) in [5.74, 6) is -0.331. The molecule has 1 fully saturated rings. The van der Waals surface area contributed by atoms with Crippen LogP contribution in [-0.2, 0) is 9.84 Å². The lowest BCUT2D eigenvalue weighted by molar-refractivity contribution is 0.100. The Bertz CT molecular complexity index is 583. The number of nitrogens with one attached hydrogen (secondary N) is 1. The number of sulfone groups is 1. The highest BCUT2D eigenvalue weighted by atomic mass is 32.2. The van der Waals surface area contributed by atoms with Crippen molar-refractivity contribution >= 4 is 27.1 Å². The monoisotopic (exact) mass is 269 g/mol. The Morgan fingerprint density at radius 1 is 1.39 bits per heavy atom. The van der Waals surface area contributed by atoms with Gasteiger partial charge in [0, 0.05) is 6.04 Å². The summed E-state index contributed by atoms with van der Waals surface area (Å²) >= 11 is 0. The number of para-hydroxylation sites is 1. The summed E-state index contributed by atoms with van der Waals surface area (Å²) in [4.78, 5) is 11.1. The van der Waals surface area contributed by atoms with Gasteiger partial charge in [-0.3, -0.25) is 4.79 Å². The fourth-order valence-electron chi connectivity index (χ4n) is 2.03. The molecule has 6 nitrogen and oxygen atoms in total. The summed E-state index contributed by atoms with van der Waals surface area (Å²) in [7, 11) is -2.95. The summed E-state index contributed by atoms with van der Waals surface area (Å²) in [6.45, 7) is 0. The number of primary amides is 1. The summed E-state index contributed by atoms with van der Waals surface area (Å²) in [5.41, 5.74) is 12.1. The van der Waals surface area contributed by atoms with E-state index in [4.69, 9.17) is 11.5 Å². The van der Waals surface area contributed by atoms with E-state index in [9.17, 15) is 13.2 Å². The summed E-state index contributed by atoms with van der Waals surface area (Å²) < 4.78 is 22.7. The second-order valence-corrected chi connectivity index (χ2v) is 6.60. The topological polar surface area (TPSA) is 115 Å². The highest BCUT2D eigenvalue weighted by Crippen LogP contribution is 2.25. The van der Waals surface area contributed by atoms with Crippen LogP contribution in [0, 0.1) is 0 Å². The molecule has 1 aliphatic heterocycles. The average Bonchev–Trinajstić information content (AvgIpc) is 2.61. The Morgan fingerprint density at radius 3 is 2.67 bits per heavy atom. The van der Waals surface area contributed by atoms with Crippen molar-refractivity contribution in [3.05, 3.63) is 23.8 Å². The third kappa shape index (κ3) is 2.56. The van der Waals surface area contributed by atoms with E-state index in [2.05, 4.69) is 5.32 Å². The molecule has 0 bridgehead atoms. The molecule has 0 aromatic heterocycles. The molecule has 1 heterocycles. The number of anilines is 2. The first-order chi connectivity index (χ1) is 8.39. The van der Waals surface area contributed by atoms with Gasteiger partial charge in [0.25, 0.3) is 5.91 Å². The van der Waals surface area contributed by atoms with Crippen LogP contribution in [0.3, 0.4) is 0 Å². The van der Waals surface area contributed by atoms with Crippen LogP contribution >= 0.6 is 0 Å². The predicted molar refractivity (Wildman–Crippen MR) is 70.1 cm³/mol. The number of carbonyl (C=O) groups excluding carboxylic acids is 1. The molecule has 0 saturated carbocycles. The van der Waals surface area contributed by atoms with Crippen LogP contribution in [0.1, 0.15) is 16.8 Å². The number of nitrogen functional groups attached to an aromatic ring is 1. The number of hydrogen-bond donors (Lipinski definition) is 3. The van der Waals surface area contributed by atoms with E-state index in [1.54, 1.807) is 12.1 Å². The van der Waals surface area contributed by atoms with Crippen molar-refractivity contribution in [1.82, 2.24) is 0 Å². The average molecular weight is 269 g/mol. The van der Waals surface area contributed by atoms with Gasteiger partial charge in [-0.1, -0.05) is 6.07 Å². The largest absolute Gasteiger partial charge is 0.396 e. The first-order valence-corrected chi connectivity index (χ1v) is 7.36. The Balaban J connectivity index is 2.20. The first-order valence-electron chi connectivity index (χ1n) is 5.54. The van der Waals surface area contributed by atoms with Crippen molar-refractivity contribution in [2.24, 2.45) is 5.73 Å². The number of amides is 1. The van der Waals surface area contributed by atoms with Gasteiger partial charge in [0.05, 0.1) is 28.4 Å². The minimum absolute atomic E-state index is 0.0905. The quantitative estimate of drug-likeness (QED) is 0.666. The maximum Gasteiger partial charge on any atom is 0.250 e. The van der Waals surface area contributed by atoms with Crippen LogP contribution in [0.4, 0.5) is 11.4 Å². The molecule has 1 unspecified atom stereocenters. The highest BCUT2D eigenvalue weighted by Gasteiger charge is 2.28. The van der Waals surface area contributed by atoms with Crippen LogP contribution in [0.25, 0.3) is 0 Å². The Morgan fingerprint density at radius 2 is 2.11 bits per heavy atom. The van der Waals surface area contributed by atoms with Crippen LogP contribution in [0.15, 0.2) is 18.2 Å². The van der Waals surface area contributed by atoms with E-state index in [0.29, 0.717) is 12.1 Å². The molecule has 98 valence electrons. The number of rotatable bonds is 3. The number of hydrogen-bond acceptors (Lipinski definition) is 5. The van der Waals surface area contributed by atoms with Gasteiger partial charge in [-0.25, -0.2) is 8.42 Å². The normalized spacial score (nSPS) is 21.7. The molecule has 2 rings (SSSR count). The van der Waals surface area contributed by atoms with E-state index < -0.39 is 15.7 Å². The van der Waals surface area contributed by atoms with Gasteiger partial charge in [0.15, 0.2) is 9.84 Å². The minimum Gasteiger partial charge on any atom is -0.396 e. The zero-order valence-electron chi connectivity index (χ0n) is 9.72. The SMILES string of the molecule is NC(=O)c1cccc(NC2CCS(=O)(=O)C2)c1N. The molecular formula is C11H15N3O3S. The van der Waals surface area contributed by atoms with Crippen molar-refractivity contribution < 1.29 is 13.2 Å². The van der Waals surface area contributed by atoms with Gasteiger partial charge < -0.3 is 16.8 Å². The van der Waals surface area contributed by atoms with Crippen LogP contribution in [0.2, 0.25) is 0 Å². The Kier molecular flexibility index (Phi) is 3.16. The van der Waals surface area contributed by atoms with Crippen molar-refractivity contribution in [3.63, 3.8) is 0 Å². The van der Waals surface area contributed by atoms with Gasteiger partial charge in [0.1, 0.15) is 0 Å². The van der Waals surface area contributed by atoms with E-state index in [1.807, 2.05) is 0 Å². The Labute approximate surface area is 105 Å². The maximum atomic E-state index is 11.3. The Hall–Kier alpha value is -1.76. The highest BCUT2D eigenvalue weighted by molar-refractivity contribution is 7.91. The molecular weight excluding hydrogens is 254 g/mol. The third-order valence-corrected chi connectivity index (χ3v) is 4.73. The van der Waals surface area contributed by atoms with E-state index >= 15 is 0 Å². The molecule has 0 radical (unpaired) electrons. The molecule has 7 heteroatoms. The molecule has 1 amide bonds. The van der Waals surface area contributed by atoms with Gasteiger partial charge in [-0.05, 0) is 18.6 Å². The first kappa shape index (κ1) is 12.7. The molecule has 18 heavy (non-hydrogen) atoms. The molecule has 0 spiro atoms. The van der Waals surface area contributed by atoms with Gasteiger partial charge in [0.2, 0.25) is 0 Å². The second-order valence-electron chi connectivity index (χ2n) is 4.38. The van der Waals surface area contributed by atoms with E-state index in [0.717, 1.165) is 0 Å². The molecule has 5 N–H and O–H groups in total. The van der Waals surface area contributed by atoms with Crippen LogP contribution in [-0.4, -0.2) is 31.9 Å². The van der Waals surface area contributed by atoms with Gasteiger partial charge in [-0.2, -0.15) is 0 Å². The molecule has 0 aliphatic carbocycles. The fraction of sp³-hybridized carbons (Fsp3) is 0.364. The molecule has 1 saturated heterocycles. The zero-order chi connectivity index (χ0) is 13.3. The lowest BCUT2D eigenvalue weighted by Gasteiger charge is -2.15. The summed E-state index contributed by atoms with van der Waals surface area (Å²) in [6.07, 6.45) is 0.544. The minimum atomic E-state index is -2.95. The fourth-order valence-corrected chi connectivity index (χ4v) is 3.71. The van der Waals surface area contributed by atoms with Gasteiger partial charge >= 0.3 is 0 Å². The maximum absolute atomic E-state index is 11.3.